The standard InChI is InChI=1S/C16H20N2/c1-13-3-2-4-16(9-13)12-18-11-15-7-5-14(10-17)6-8-15/h2-9,18H,10-12,17H2,1H3. The third-order valence-electron chi connectivity index (χ3n) is 3.00. The van der Waals surface area contributed by atoms with Crippen LogP contribution in [0.25, 0.3) is 0 Å². The van der Waals surface area contributed by atoms with Crippen molar-refractivity contribution in [3.8, 4) is 0 Å². The van der Waals surface area contributed by atoms with E-state index >= 15 is 0 Å². The SMILES string of the molecule is Cc1cccc(CNCc2ccc(CN)cc2)c1. The highest BCUT2D eigenvalue weighted by Gasteiger charge is 1.95. The van der Waals surface area contributed by atoms with Crippen LogP contribution in [-0.2, 0) is 19.6 Å². The molecule has 0 aliphatic heterocycles. The molecule has 2 aromatic rings. The molecule has 0 amide bonds. The smallest absolute Gasteiger partial charge is 0.0208 e. The molecule has 0 aliphatic carbocycles. The lowest BCUT2D eigenvalue weighted by atomic mass is 10.1. The third-order valence-corrected chi connectivity index (χ3v) is 3.00. The molecule has 3 N–H and O–H groups in total. The Bertz CT molecular complexity index is 489. The molecule has 2 rings (SSSR count). The van der Waals surface area contributed by atoms with Gasteiger partial charge in [-0.25, -0.2) is 0 Å². The Morgan fingerprint density at radius 2 is 1.56 bits per heavy atom. The van der Waals surface area contributed by atoms with Crippen LogP contribution >= 0.6 is 0 Å². The van der Waals surface area contributed by atoms with Crippen LogP contribution < -0.4 is 11.1 Å². The van der Waals surface area contributed by atoms with Gasteiger partial charge in [0.05, 0.1) is 0 Å². The van der Waals surface area contributed by atoms with Gasteiger partial charge in [-0.1, -0.05) is 54.1 Å². The second kappa shape index (κ2) is 6.34. The fraction of sp³-hybridized carbons (Fsp3) is 0.250. The monoisotopic (exact) mass is 240 g/mol. The molecule has 0 fully saturated rings. The van der Waals surface area contributed by atoms with E-state index in [2.05, 4.69) is 60.8 Å². The first-order chi connectivity index (χ1) is 8.78. The van der Waals surface area contributed by atoms with E-state index in [-0.39, 0.29) is 0 Å². The Labute approximate surface area is 109 Å². The molecule has 0 heterocycles. The Morgan fingerprint density at radius 1 is 0.889 bits per heavy atom. The van der Waals surface area contributed by atoms with E-state index in [1.165, 1.54) is 22.3 Å². The number of aryl methyl sites for hydroxylation is 1. The van der Waals surface area contributed by atoms with Gasteiger partial charge >= 0.3 is 0 Å². The highest BCUT2D eigenvalue weighted by molar-refractivity contribution is 5.23. The van der Waals surface area contributed by atoms with E-state index in [0.717, 1.165) is 13.1 Å². The van der Waals surface area contributed by atoms with Crippen molar-refractivity contribution in [3.05, 3.63) is 70.8 Å². The summed E-state index contributed by atoms with van der Waals surface area (Å²) < 4.78 is 0. The largest absolute Gasteiger partial charge is 0.326 e. The number of hydrogen-bond acceptors (Lipinski definition) is 2. The first-order valence-electron chi connectivity index (χ1n) is 6.32. The van der Waals surface area contributed by atoms with Gasteiger partial charge in [-0.2, -0.15) is 0 Å². The molecule has 0 unspecified atom stereocenters. The molecule has 0 spiro atoms. The topological polar surface area (TPSA) is 38.0 Å². The second-order valence-electron chi connectivity index (χ2n) is 4.61. The van der Waals surface area contributed by atoms with Crippen LogP contribution in [0, 0.1) is 6.92 Å². The minimum atomic E-state index is 0.608. The van der Waals surface area contributed by atoms with Gasteiger partial charge in [-0.05, 0) is 23.6 Å². The van der Waals surface area contributed by atoms with Crippen molar-refractivity contribution in [3.63, 3.8) is 0 Å². The average molecular weight is 240 g/mol. The maximum Gasteiger partial charge on any atom is 0.0208 e. The third kappa shape index (κ3) is 3.69. The van der Waals surface area contributed by atoms with Crippen molar-refractivity contribution in [1.82, 2.24) is 5.32 Å². The highest BCUT2D eigenvalue weighted by Crippen LogP contribution is 2.06. The van der Waals surface area contributed by atoms with E-state index < -0.39 is 0 Å². The molecule has 0 saturated carbocycles. The van der Waals surface area contributed by atoms with E-state index in [9.17, 15) is 0 Å². The molecule has 0 radical (unpaired) electrons. The van der Waals surface area contributed by atoms with Gasteiger partial charge in [0, 0.05) is 19.6 Å². The summed E-state index contributed by atoms with van der Waals surface area (Å²) in [5.41, 5.74) is 10.7. The first-order valence-corrected chi connectivity index (χ1v) is 6.32. The number of nitrogens with two attached hydrogens (primary N) is 1. The van der Waals surface area contributed by atoms with Crippen molar-refractivity contribution in [2.24, 2.45) is 5.73 Å². The van der Waals surface area contributed by atoms with Gasteiger partial charge in [0.1, 0.15) is 0 Å². The van der Waals surface area contributed by atoms with Gasteiger partial charge in [-0.15, -0.1) is 0 Å². The zero-order valence-electron chi connectivity index (χ0n) is 10.8. The fourth-order valence-electron chi connectivity index (χ4n) is 1.97. The summed E-state index contributed by atoms with van der Waals surface area (Å²) in [4.78, 5) is 0. The zero-order valence-corrected chi connectivity index (χ0v) is 10.8. The van der Waals surface area contributed by atoms with Crippen LogP contribution in [0.4, 0.5) is 0 Å². The molecule has 94 valence electrons. The van der Waals surface area contributed by atoms with E-state index in [4.69, 9.17) is 5.73 Å². The van der Waals surface area contributed by atoms with Crippen molar-refractivity contribution < 1.29 is 0 Å². The first kappa shape index (κ1) is 12.8. The summed E-state index contributed by atoms with van der Waals surface area (Å²) in [6.07, 6.45) is 0. The molecule has 18 heavy (non-hydrogen) atoms. The maximum absolute atomic E-state index is 5.57. The quantitative estimate of drug-likeness (QED) is 0.843. The number of hydrogen-bond donors (Lipinski definition) is 2. The lowest BCUT2D eigenvalue weighted by molar-refractivity contribution is 0.693. The van der Waals surface area contributed by atoms with E-state index in [1.54, 1.807) is 0 Å². The molecule has 0 atom stereocenters. The van der Waals surface area contributed by atoms with Crippen LogP contribution in [0.5, 0.6) is 0 Å². The lowest BCUT2D eigenvalue weighted by Crippen LogP contribution is -2.12. The van der Waals surface area contributed by atoms with Crippen molar-refractivity contribution >= 4 is 0 Å². The molecule has 0 bridgehead atoms. The normalized spacial score (nSPS) is 10.6. The number of rotatable bonds is 5. The van der Waals surface area contributed by atoms with Gasteiger partial charge in [0.2, 0.25) is 0 Å². The molecule has 2 nitrogen and oxygen atoms in total. The lowest BCUT2D eigenvalue weighted by Gasteiger charge is -2.06. The average Bonchev–Trinajstić information content (AvgIpc) is 2.40. The minimum absolute atomic E-state index is 0.608. The van der Waals surface area contributed by atoms with Gasteiger partial charge in [-0.3, -0.25) is 0 Å². The molecule has 0 aromatic heterocycles. The van der Waals surface area contributed by atoms with Crippen molar-refractivity contribution in [1.29, 1.82) is 0 Å². The predicted octanol–water partition coefficient (Wildman–Crippen LogP) is 2.74. The molecular weight excluding hydrogens is 220 g/mol. The van der Waals surface area contributed by atoms with Gasteiger partial charge in [0.15, 0.2) is 0 Å². The molecule has 0 saturated heterocycles. The highest BCUT2D eigenvalue weighted by atomic mass is 14.8. The summed E-state index contributed by atoms with van der Waals surface area (Å²) in [5.74, 6) is 0. The summed E-state index contributed by atoms with van der Waals surface area (Å²) in [5, 5.41) is 3.45. The van der Waals surface area contributed by atoms with E-state index in [0.29, 0.717) is 6.54 Å². The number of benzene rings is 2. The Balaban J connectivity index is 1.84. The van der Waals surface area contributed by atoms with Gasteiger partial charge in [0.25, 0.3) is 0 Å². The predicted molar refractivity (Wildman–Crippen MR) is 76.1 cm³/mol. The van der Waals surface area contributed by atoms with Crippen LogP contribution in [0.3, 0.4) is 0 Å². The second-order valence-corrected chi connectivity index (χ2v) is 4.61. The van der Waals surface area contributed by atoms with Crippen LogP contribution in [0.2, 0.25) is 0 Å². The van der Waals surface area contributed by atoms with Gasteiger partial charge < -0.3 is 11.1 Å². The summed E-state index contributed by atoms with van der Waals surface area (Å²) in [6.45, 7) is 4.52. The Kier molecular flexibility index (Phi) is 4.51. The minimum Gasteiger partial charge on any atom is -0.326 e. The molecule has 0 aliphatic rings. The Morgan fingerprint density at radius 3 is 2.22 bits per heavy atom. The van der Waals surface area contributed by atoms with Crippen LogP contribution in [0.15, 0.2) is 48.5 Å². The van der Waals surface area contributed by atoms with Crippen LogP contribution in [-0.4, -0.2) is 0 Å². The number of nitrogens with one attached hydrogen (secondary N) is 1. The van der Waals surface area contributed by atoms with E-state index in [1.807, 2.05) is 0 Å². The van der Waals surface area contributed by atoms with Crippen LogP contribution in [0.1, 0.15) is 22.3 Å². The summed E-state index contributed by atoms with van der Waals surface area (Å²) in [7, 11) is 0. The molecule has 2 aromatic carbocycles. The molecular formula is C16H20N2. The zero-order chi connectivity index (χ0) is 12.8. The molecule has 2 heteroatoms. The van der Waals surface area contributed by atoms with Crippen molar-refractivity contribution in [2.45, 2.75) is 26.6 Å². The van der Waals surface area contributed by atoms with Crippen molar-refractivity contribution in [2.75, 3.05) is 0 Å². The fourth-order valence-corrected chi connectivity index (χ4v) is 1.97. The Hall–Kier alpha value is -1.64. The summed E-state index contributed by atoms with van der Waals surface area (Å²) in [6, 6.07) is 17.0. The maximum atomic E-state index is 5.57. The summed E-state index contributed by atoms with van der Waals surface area (Å²) >= 11 is 0.